The van der Waals surface area contributed by atoms with Crippen LogP contribution < -0.4 is 15.2 Å². The Morgan fingerprint density at radius 2 is 2.21 bits per heavy atom. The first-order chi connectivity index (χ1) is 11.6. The topological polar surface area (TPSA) is 60.1 Å². The van der Waals surface area contributed by atoms with Crippen molar-refractivity contribution in [3.63, 3.8) is 0 Å². The second-order valence-electron chi connectivity index (χ2n) is 7.30. The van der Waals surface area contributed by atoms with E-state index in [2.05, 4.69) is 24.0 Å². The molecule has 24 heavy (non-hydrogen) atoms. The molecule has 1 aromatic rings. The van der Waals surface area contributed by atoms with Crippen molar-refractivity contribution in [3.05, 3.63) is 23.3 Å². The zero-order valence-electron chi connectivity index (χ0n) is 14.8. The third-order valence-corrected chi connectivity index (χ3v) is 5.24. The fourth-order valence-electron chi connectivity index (χ4n) is 3.59. The maximum absolute atomic E-state index is 6.16. The molecule has 1 heterocycles. The number of benzene rings is 1. The second kappa shape index (κ2) is 5.87. The summed E-state index contributed by atoms with van der Waals surface area (Å²) in [5.74, 6) is 3.07. The number of ether oxygens (including phenoxy) is 2. The van der Waals surface area contributed by atoms with Crippen molar-refractivity contribution in [2.75, 3.05) is 13.7 Å². The number of rotatable bonds is 5. The van der Waals surface area contributed by atoms with Crippen molar-refractivity contribution in [1.29, 1.82) is 0 Å². The lowest BCUT2D eigenvalue weighted by Crippen LogP contribution is -2.36. The molecule has 2 fully saturated rings. The fourth-order valence-corrected chi connectivity index (χ4v) is 3.59. The molecular weight excluding hydrogens is 302 g/mol. The van der Waals surface area contributed by atoms with Gasteiger partial charge in [0.05, 0.1) is 12.6 Å². The Morgan fingerprint density at radius 3 is 2.92 bits per heavy atom. The van der Waals surface area contributed by atoms with Crippen LogP contribution in [-0.2, 0) is 6.42 Å². The van der Waals surface area contributed by atoms with Crippen LogP contribution >= 0.6 is 0 Å². The Balaban J connectivity index is 1.54. The van der Waals surface area contributed by atoms with Gasteiger partial charge < -0.3 is 20.1 Å². The summed E-state index contributed by atoms with van der Waals surface area (Å²) in [6.07, 6.45) is 4.71. The average Bonchev–Trinajstić information content (AvgIpc) is 3.44. The van der Waals surface area contributed by atoms with Crippen LogP contribution in [0.4, 0.5) is 0 Å². The van der Waals surface area contributed by atoms with Crippen LogP contribution in [-0.4, -0.2) is 42.7 Å². The molecule has 0 saturated heterocycles. The van der Waals surface area contributed by atoms with Gasteiger partial charge in [-0.3, -0.25) is 0 Å². The largest absolute Gasteiger partial charge is 0.494 e. The summed E-state index contributed by atoms with van der Waals surface area (Å²) in [6.45, 7) is 4.81. The lowest BCUT2D eigenvalue weighted by atomic mass is 10.0. The second-order valence-corrected chi connectivity index (χ2v) is 7.30. The monoisotopic (exact) mass is 329 g/mol. The molecule has 4 rings (SSSR count). The SMILES string of the molecule is CCOc1cc2c(cc1C1CC1N=C(N)N(C)C1CC1)OC(C)C2. The van der Waals surface area contributed by atoms with Gasteiger partial charge in [-0.1, -0.05) is 0 Å². The van der Waals surface area contributed by atoms with Crippen molar-refractivity contribution in [1.82, 2.24) is 4.90 Å². The van der Waals surface area contributed by atoms with E-state index < -0.39 is 0 Å². The minimum absolute atomic E-state index is 0.251. The quantitative estimate of drug-likeness (QED) is 0.666. The van der Waals surface area contributed by atoms with Crippen LogP contribution in [0.5, 0.6) is 11.5 Å². The Morgan fingerprint density at radius 1 is 1.42 bits per heavy atom. The zero-order valence-corrected chi connectivity index (χ0v) is 14.8. The number of nitrogens with zero attached hydrogens (tertiary/aromatic N) is 2. The summed E-state index contributed by atoms with van der Waals surface area (Å²) >= 11 is 0. The van der Waals surface area contributed by atoms with Gasteiger partial charge in [-0.15, -0.1) is 0 Å². The smallest absolute Gasteiger partial charge is 0.191 e. The van der Waals surface area contributed by atoms with Gasteiger partial charge in [-0.2, -0.15) is 0 Å². The van der Waals surface area contributed by atoms with Gasteiger partial charge in [0, 0.05) is 36.6 Å². The number of aliphatic imine (C=N–C) groups is 1. The molecule has 0 aromatic heterocycles. The lowest BCUT2D eigenvalue weighted by molar-refractivity contribution is 0.254. The molecule has 3 atom stereocenters. The fraction of sp³-hybridized carbons (Fsp3) is 0.632. The van der Waals surface area contributed by atoms with E-state index in [-0.39, 0.29) is 12.1 Å². The highest BCUT2D eigenvalue weighted by Gasteiger charge is 2.42. The summed E-state index contributed by atoms with van der Waals surface area (Å²) in [5, 5.41) is 0. The standard InChI is InChI=1S/C19H27N3O2/c1-4-23-18-8-12-7-11(2)24-17(12)10-15(18)14-9-16(14)21-19(20)22(3)13-5-6-13/h8,10-11,13-14,16H,4-7,9H2,1-3H3,(H2,20,21). The van der Waals surface area contributed by atoms with Gasteiger partial charge in [-0.05, 0) is 45.2 Å². The van der Waals surface area contributed by atoms with Crippen molar-refractivity contribution in [2.45, 2.75) is 63.6 Å². The van der Waals surface area contributed by atoms with Crippen LogP contribution in [0.3, 0.4) is 0 Å². The van der Waals surface area contributed by atoms with E-state index in [1.807, 2.05) is 14.0 Å². The molecule has 1 aliphatic heterocycles. The first kappa shape index (κ1) is 15.6. The number of nitrogens with two attached hydrogens (primary N) is 1. The maximum atomic E-state index is 6.16. The maximum Gasteiger partial charge on any atom is 0.191 e. The van der Waals surface area contributed by atoms with E-state index in [1.54, 1.807) is 0 Å². The molecule has 2 saturated carbocycles. The summed E-state index contributed by atoms with van der Waals surface area (Å²) in [6, 6.07) is 5.20. The van der Waals surface area contributed by atoms with Gasteiger partial charge >= 0.3 is 0 Å². The molecule has 3 unspecified atom stereocenters. The number of hydrogen-bond acceptors (Lipinski definition) is 3. The molecule has 5 heteroatoms. The molecule has 0 radical (unpaired) electrons. The normalized spacial score (nSPS) is 28.3. The molecule has 1 aromatic carbocycles. The van der Waals surface area contributed by atoms with E-state index in [4.69, 9.17) is 20.2 Å². The van der Waals surface area contributed by atoms with E-state index in [9.17, 15) is 0 Å². The molecule has 3 aliphatic rings. The zero-order chi connectivity index (χ0) is 16.8. The van der Waals surface area contributed by atoms with Crippen LogP contribution in [0, 0.1) is 0 Å². The van der Waals surface area contributed by atoms with Crippen LogP contribution in [0.15, 0.2) is 17.1 Å². The van der Waals surface area contributed by atoms with E-state index in [1.165, 1.54) is 24.0 Å². The predicted octanol–water partition coefficient (Wildman–Crippen LogP) is 2.67. The molecule has 2 N–H and O–H groups in total. The number of fused-ring (bicyclic) bond motifs is 1. The summed E-state index contributed by atoms with van der Waals surface area (Å²) < 4.78 is 11.8. The highest BCUT2D eigenvalue weighted by molar-refractivity contribution is 5.79. The van der Waals surface area contributed by atoms with Gasteiger partial charge in [0.2, 0.25) is 0 Å². The molecule has 0 bridgehead atoms. The summed E-state index contributed by atoms with van der Waals surface area (Å²) in [5.41, 5.74) is 8.64. The van der Waals surface area contributed by atoms with Crippen LogP contribution in [0.2, 0.25) is 0 Å². The van der Waals surface area contributed by atoms with E-state index in [0.717, 1.165) is 24.3 Å². The number of guanidine groups is 1. The summed E-state index contributed by atoms with van der Waals surface area (Å²) in [7, 11) is 2.05. The van der Waals surface area contributed by atoms with Gasteiger partial charge in [0.1, 0.15) is 17.6 Å². The third kappa shape index (κ3) is 2.92. The lowest BCUT2D eigenvalue weighted by Gasteiger charge is -2.17. The Kier molecular flexibility index (Phi) is 3.82. The molecule has 0 spiro atoms. The third-order valence-electron chi connectivity index (χ3n) is 5.24. The predicted molar refractivity (Wildman–Crippen MR) is 95.0 cm³/mol. The Hall–Kier alpha value is -1.91. The molecule has 2 aliphatic carbocycles. The highest BCUT2D eigenvalue weighted by atomic mass is 16.5. The van der Waals surface area contributed by atoms with E-state index >= 15 is 0 Å². The van der Waals surface area contributed by atoms with Crippen molar-refractivity contribution in [2.24, 2.45) is 10.7 Å². The molecule has 130 valence electrons. The van der Waals surface area contributed by atoms with Gasteiger partial charge in [-0.25, -0.2) is 4.99 Å². The molecular formula is C19H27N3O2. The highest BCUT2D eigenvalue weighted by Crippen LogP contribution is 2.49. The van der Waals surface area contributed by atoms with Crippen LogP contribution in [0.1, 0.15) is 50.2 Å². The minimum atomic E-state index is 0.251. The first-order valence-corrected chi connectivity index (χ1v) is 9.09. The number of hydrogen-bond donors (Lipinski definition) is 1. The van der Waals surface area contributed by atoms with Crippen molar-refractivity contribution < 1.29 is 9.47 Å². The Bertz CT molecular complexity index is 669. The first-order valence-electron chi connectivity index (χ1n) is 9.09. The van der Waals surface area contributed by atoms with Gasteiger partial charge in [0.25, 0.3) is 0 Å². The average molecular weight is 329 g/mol. The molecule has 5 nitrogen and oxygen atoms in total. The Labute approximate surface area is 143 Å². The van der Waals surface area contributed by atoms with Gasteiger partial charge in [0.15, 0.2) is 5.96 Å². The van der Waals surface area contributed by atoms with Crippen molar-refractivity contribution in [3.8, 4) is 11.5 Å². The van der Waals surface area contributed by atoms with E-state index in [0.29, 0.717) is 24.5 Å². The minimum Gasteiger partial charge on any atom is -0.494 e. The van der Waals surface area contributed by atoms with Crippen LogP contribution in [0.25, 0.3) is 0 Å². The molecule has 0 amide bonds. The van der Waals surface area contributed by atoms with Crippen molar-refractivity contribution >= 4 is 5.96 Å². The summed E-state index contributed by atoms with van der Waals surface area (Å²) in [4.78, 5) is 6.86.